The minimum absolute atomic E-state index is 0.153. The molecule has 2 N–H and O–H groups in total. The monoisotopic (exact) mass is 302 g/mol. The number of hydrogen-bond donors (Lipinski definition) is 1. The fourth-order valence-electron chi connectivity index (χ4n) is 2.15. The summed E-state index contributed by atoms with van der Waals surface area (Å²) in [6.45, 7) is 0.565. The van der Waals surface area contributed by atoms with Gasteiger partial charge in [-0.15, -0.1) is 0 Å². The molecule has 0 spiro atoms. The summed E-state index contributed by atoms with van der Waals surface area (Å²) in [6.07, 6.45) is 1.28. The van der Waals surface area contributed by atoms with Gasteiger partial charge < -0.3 is 5.73 Å². The largest absolute Gasteiger partial charge is 0.369 e. The van der Waals surface area contributed by atoms with Crippen molar-refractivity contribution in [3.63, 3.8) is 0 Å². The summed E-state index contributed by atoms with van der Waals surface area (Å²) < 4.78 is 26.1. The lowest BCUT2D eigenvalue weighted by molar-refractivity contribution is -0.122. The van der Waals surface area contributed by atoms with E-state index in [0.717, 1.165) is 0 Å². The highest BCUT2D eigenvalue weighted by Gasteiger charge is 2.32. The Morgan fingerprint density at radius 3 is 2.53 bits per heavy atom. The number of carbonyl (C=O) groups excluding carboxylic acids is 1. The highest BCUT2D eigenvalue weighted by Crippen LogP contribution is 2.24. The average Bonchev–Trinajstić information content (AvgIpc) is 2.39. The number of nitrogens with two attached hydrogens (primary N) is 1. The summed E-state index contributed by atoms with van der Waals surface area (Å²) in [5, 5.41) is 0.479. The first-order chi connectivity index (χ1) is 8.91. The van der Waals surface area contributed by atoms with Gasteiger partial charge >= 0.3 is 0 Å². The summed E-state index contributed by atoms with van der Waals surface area (Å²) in [7, 11) is -3.58. The Morgan fingerprint density at radius 2 is 1.95 bits per heavy atom. The van der Waals surface area contributed by atoms with Crippen molar-refractivity contribution in [2.24, 2.45) is 11.7 Å². The number of amides is 1. The van der Waals surface area contributed by atoms with Crippen molar-refractivity contribution in [3.05, 3.63) is 29.3 Å². The van der Waals surface area contributed by atoms with Gasteiger partial charge in [-0.05, 0) is 37.1 Å². The van der Waals surface area contributed by atoms with Gasteiger partial charge in [0, 0.05) is 18.1 Å². The molecule has 1 fully saturated rings. The number of rotatable bonds is 3. The summed E-state index contributed by atoms with van der Waals surface area (Å²) in [5.41, 5.74) is 5.25. The highest BCUT2D eigenvalue weighted by molar-refractivity contribution is 7.89. The van der Waals surface area contributed by atoms with E-state index in [0.29, 0.717) is 24.4 Å². The molecule has 7 heteroatoms. The van der Waals surface area contributed by atoms with Crippen LogP contribution in [0.4, 0.5) is 0 Å². The van der Waals surface area contributed by atoms with Crippen molar-refractivity contribution in [3.8, 4) is 0 Å². The predicted octanol–water partition coefficient (Wildman–Crippen LogP) is 1.23. The van der Waals surface area contributed by atoms with Crippen LogP contribution in [0.2, 0.25) is 5.02 Å². The number of hydrogen-bond acceptors (Lipinski definition) is 3. The molecule has 0 unspecified atom stereocenters. The van der Waals surface area contributed by atoms with Crippen LogP contribution in [-0.2, 0) is 14.8 Å². The summed E-state index contributed by atoms with van der Waals surface area (Å²) in [5.74, 6) is -0.855. The average molecular weight is 303 g/mol. The van der Waals surface area contributed by atoms with E-state index in [-0.39, 0.29) is 11.4 Å². The number of carbonyl (C=O) groups is 1. The van der Waals surface area contributed by atoms with E-state index in [1.54, 1.807) is 0 Å². The summed E-state index contributed by atoms with van der Waals surface area (Å²) >= 11 is 5.74. The van der Waals surface area contributed by atoms with Crippen LogP contribution in [0, 0.1) is 5.92 Å². The molecule has 2 rings (SSSR count). The maximum Gasteiger partial charge on any atom is 0.243 e. The van der Waals surface area contributed by atoms with Gasteiger partial charge in [-0.1, -0.05) is 11.6 Å². The molecule has 0 aromatic heterocycles. The number of sulfonamides is 1. The number of primary amides is 1. The van der Waals surface area contributed by atoms with Crippen molar-refractivity contribution >= 4 is 27.5 Å². The molecule has 1 amide bonds. The van der Waals surface area contributed by atoms with Gasteiger partial charge in [0.05, 0.1) is 10.8 Å². The lowest BCUT2D eigenvalue weighted by atomic mass is 9.99. The van der Waals surface area contributed by atoms with Gasteiger partial charge in [0.25, 0.3) is 0 Å². The van der Waals surface area contributed by atoms with Crippen LogP contribution in [0.3, 0.4) is 0 Å². The molecule has 5 nitrogen and oxygen atoms in total. The lowest BCUT2D eigenvalue weighted by Gasteiger charge is -2.30. The van der Waals surface area contributed by atoms with Crippen LogP contribution in [0.5, 0.6) is 0 Å². The number of halogens is 1. The Morgan fingerprint density at radius 1 is 1.32 bits per heavy atom. The third-order valence-corrected chi connectivity index (χ3v) is 5.37. The summed E-state index contributed by atoms with van der Waals surface area (Å²) in [4.78, 5) is 11.4. The van der Waals surface area contributed by atoms with E-state index in [4.69, 9.17) is 17.3 Å². The first-order valence-corrected chi connectivity index (χ1v) is 7.78. The second kappa shape index (κ2) is 5.48. The van der Waals surface area contributed by atoms with Crippen molar-refractivity contribution in [1.82, 2.24) is 4.31 Å². The Bertz CT molecular complexity index is 571. The number of benzene rings is 1. The van der Waals surface area contributed by atoms with E-state index in [1.165, 1.54) is 28.6 Å². The lowest BCUT2D eigenvalue weighted by Crippen LogP contribution is -2.43. The fourth-order valence-corrected chi connectivity index (χ4v) is 3.80. The molecule has 0 saturated carbocycles. The van der Waals surface area contributed by atoms with E-state index in [2.05, 4.69) is 0 Å². The maximum absolute atomic E-state index is 12.4. The quantitative estimate of drug-likeness (QED) is 0.912. The molecule has 1 aromatic rings. The molecule has 1 heterocycles. The smallest absolute Gasteiger partial charge is 0.243 e. The van der Waals surface area contributed by atoms with Crippen LogP contribution in [0.1, 0.15) is 12.8 Å². The van der Waals surface area contributed by atoms with Crippen molar-refractivity contribution in [2.45, 2.75) is 17.7 Å². The van der Waals surface area contributed by atoms with Crippen LogP contribution >= 0.6 is 11.6 Å². The van der Waals surface area contributed by atoms with Gasteiger partial charge in [-0.25, -0.2) is 8.42 Å². The van der Waals surface area contributed by atoms with Gasteiger partial charge in [-0.3, -0.25) is 4.79 Å². The third kappa shape index (κ3) is 3.08. The van der Waals surface area contributed by atoms with Gasteiger partial charge in [-0.2, -0.15) is 4.31 Å². The number of nitrogens with zero attached hydrogens (tertiary/aromatic N) is 1. The zero-order valence-electron chi connectivity index (χ0n) is 10.3. The predicted molar refractivity (Wildman–Crippen MR) is 72.1 cm³/mol. The van der Waals surface area contributed by atoms with Crippen LogP contribution in [-0.4, -0.2) is 31.7 Å². The SMILES string of the molecule is NC(=O)[C@@H]1CCCN(S(=O)(=O)c2ccc(Cl)cc2)C1. The minimum Gasteiger partial charge on any atom is -0.369 e. The van der Waals surface area contributed by atoms with Gasteiger partial charge in [0.2, 0.25) is 15.9 Å². The fraction of sp³-hybridized carbons (Fsp3) is 0.417. The van der Waals surface area contributed by atoms with Crippen LogP contribution < -0.4 is 5.73 Å². The molecule has 0 aliphatic carbocycles. The van der Waals surface area contributed by atoms with Crippen molar-refractivity contribution < 1.29 is 13.2 Å². The molecule has 1 aliphatic rings. The minimum atomic E-state index is -3.58. The Balaban J connectivity index is 2.24. The van der Waals surface area contributed by atoms with E-state index < -0.39 is 21.8 Å². The molecule has 104 valence electrons. The molecule has 0 bridgehead atoms. The zero-order valence-corrected chi connectivity index (χ0v) is 11.8. The van der Waals surface area contributed by atoms with Crippen molar-refractivity contribution in [2.75, 3.05) is 13.1 Å². The molecule has 1 saturated heterocycles. The second-order valence-corrected chi connectivity index (χ2v) is 6.93. The standard InChI is InChI=1S/C12H15ClN2O3S/c13-10-3-5-11(6-4-10)19(17,18)15-7-1-2-9(8-15)12(14)16/h3-6,9H,1-2,7-8H2,(H2,14,16)/t9-/m1/s1. The molecular formula is C12H15ClN2O3S. The van der Waals surface area contributed by atoms with Gasteiger partial charge in [0.1, 0.15) is 0 Å². The van der Waals surface area contributed by atoms with Crippen LogP contribution in [0.15, 0.2) is 29.2 Å². The molecule has 1 aliphatic heterocycles. The summed E-state index contributed by atoms with van der Waals surface area (Å²) in [6, 6.07) is 5.99. The van der Waals surface area contributed by atoms with E-state index in [9.17, 15) is 13.2 Å². The maximum atomic E-state index is 12.4. The Kier molecular flexibility index (Phi) is 4.13. The molecule has 1 aromatic carbocycles. The van der Waals surface area contributed by atoms with E-state index >= 15 is 0 Å². The first-order valence-electron chi connectivity index (χ1n) is 5.96. The molecule has 19 heavy (non-hydrogen) atoms. The van der Waals surface area contributed by atoms with Crippen molar-refractivity contribution in [1.29, 1.82) is 0 Å². The molecule has 1 atom stereocenters. The second-order valence-electron chi connectivity index (χ2n) is 4.56. The topological polar surface area (TPSA) is 80.5 Å². The molecular weight excluding hydrogens is 288 g/mol. The van der Waals surface area contributed by atoms with Gasteiger partial charge in [0.15, 0.2) is 0 Å². The Hall–Kier alpha value is -1.11. The zero-order chi connectivity index (χ0) is 14.0. The molecule has 0 radical (unpaired) electrons. The third-order valence-electron chi connectivity index (χ3n) is 3.24. The first kappa shape index (κ1) is 14.3. The number of piperidine rings is 1. The Labute approximate surface area is 117 Å². The van der Waals surface area contributed by atoms with Crippen LogP contribution in [0.25, 0.3) is 0 Å². The van der Waals surface area contributed by atoms with E-state index in [1.807, 2.05) is 0 Å². The highest BCUT2D eigenvalue weighted by atomic mass is 35.5. The normalized spacial score (nSPS) is 21.2.